The number of hydrogen-bond donors (Lipinski definition) is 1. The van der Waals surface area contributed by atoms with Crippen molar-refractivity contribution in [2.75, 3.05) is 0 Å². The van der Waals surface area contributed by atoms with Gasteiger partial charge in [0.15, 0.2) is 0 Å². The summed E-state index contributed by atoms with van der Waals surface area (Å²) in [6.07, 6.45) is 5.49. The van der Waals surface area contributed by atoms with Gasteiger partial charge in [-0.25, -0.2) is 0 Å². The number of Topliss-reactive ketones (excluding diaryl/α,β-unsaturated/α-hetero) is 1. The lowest BCUT2D eigenvalue weighted by Gasteiger charge is -2.05. The number of nitrogens with two attached hydrogens (primary N) is 1. The zero-order valence-corrected chi connectivity index (χ0v) is 11.7. The summed E-state index contributed by atoms with van der Waals surface area (Å²) in [5, 5.41) is 0. The molecule has 0 spiro atoms. The van der Waals surface area contributed by atoms with Crippen molar-refractivity contribution in [1.29, 1.82) is 0 Å². The molecule has 0 saturated carbocycles. The van der Waals surface area contributed by atoms with Gasteiger partial charge in [0, 0.05) is 30.5 Å². The molecule has 0 aromatic rings. The molecule has 2 N–H and O–H groups in total. The van der Waals surface area contributed by atoms with Gasteiger partial charge < -0.3 is 5.73 Å². The highest BCUT2D eigenvalue weighted by Gasteiger charge is 2.07. The van der Waals surface area contributed by atoms with E-state index < -0.39 is 0 Å². The summed E-state index contributed by atoms with van der Waals surface area (Å²) in [5.41, 5.74) is 5.87. The molecule has 0 fully saturated rings. The van der Waals surface area contributed by atoms with Crippen LogP contribution in [0.25, 0.3) is 0 Å². The van der Waals surface area contributed by atoms with E-state index >= 15 is 0 Å². The molecule has 17 heavy (non-hydrogen) atoms. The second kappa shape index (κ2) is 11.1. The van der Waals surface area contributed by atoms with Crippen molar-refractivity contribution in [3.8, 4) is 0 Å². The summed E-state index contributed by atoms with van der Waals surface area (Å²) in [6, 6.07) is 0. The van der Waals surface area contributed by atoms with Crippen LogP contribution in [0.5, 0.6) is 0 Å². The molecular formula is C14H26N2O. The zero-order chi connectivity index (χ0) is 13.8. The van der Waals surface area contributed by atoms with Gasteiger partial charge in [-0.05, 0) is 18.9 Å². The summed E-state index contributed by atoms with van der Waals surface area (Å²) >= 11 is 0. The van der Waals surface area contributed by atoms with E-state index in [0.29, 0.717) is 17.4 Å². The first-order valence-corrected chi connectivity index (χ1v) is 5.93. The molecule has 0 aliphatic heterocycles. The second-order valence-electron chi connectivity index (χ2n) is 4.46. The summed E-state index contributed by atoms with van der Waals surface area (Å²) in [4.78, 5) is 14.7. The highest BCUT2D eigenvalue weighted by molar-refractivity contribution is 5.80. The Bertz CT molecular complexity index is 276. The van der Waals surface area contributed by atoms with Crippen molar-refractivity contribution >= 4 is 12.0 Å². The van der Waals surface area contributed by atoms with Gasteiger partial charge in [-0.15, -0.1) is 0 Å². The van der Waals surface area contributed by atoms with E-state index in [-0.39, 0.29) is 5.92 Å². The van der Waals surface area contributed by atoms with Crippen molar-refractivity contribution < 1.29 is 4.79 Å². The van der Waals surface area contributed by atoms with Crippen LogP contribution < -0.4 is 5.73 Å². The van der Waals surface area contributed by atoms with E-state index in [9.17, 15) is 4.79 Å². The predicted molar refractivity (Wildman–Crippen MR) is 75.9 cm³/mol. The number of ketones is 1. The molecule has 0 unspecified atom stereocenters. The Balaban J connectivity index is 0. The molecule has 0 rings (SSSR count). The van der Waals surface area contributed by atoms with Crippen LogP contribution in [0.2, 0.25) is 0 Å². The average molecular weight is 238 g/mol. The van der Waals surface area contributed by atoms with Crippen molar-refractivity contribution in [2.45, 2.75) is 41.0 Å². The van der Waals surface area contributed by atoms with Gasteiger partial charge in [-0.2, -0.15) is 0 Å². The van der Waals surface area contributed by atoms with Crippen molar-refractivity contribution in [3.05, 3.63) is 24.6 Å². The maximum Gasteiger partial charge on any atom is 0.135 e. The molecule has 3 heteroatoms. The molecular weight excluding hydrogens is 212 g/mol. The van der Waals surface area contributed by atoms with Crippen LogP contribution in [0.15, 0.2) is 29.5 Å². The number of carbonyl (C=O) groups excluding carboxylic acids is 1. The van der Waals surface area contributed by atoms with Crippen LogP contribution in [-0.2, 0) is 4.79 Å². The Kier molecular flexibility index (Phi) is 11.8. The smallest absolute Gasteiger partial charge is 0.135 e. The molecule has 0 aliphatic carbocycles. The maximum atomic E-state index is 11.0. The molecule has 0 aromatic carbocycles. The zero-order valence-electron chi connectivity index (χ0n) is 11.7. The van der Waals surface area contributed by atoms with Gasteiger partial charge in [-0.1, -0.05) is 34.3 Å². The minimum atomic E-state index is 0.215. The molecule has 0 heterocycles. The van der Waals surface area contributed by atoms with Crippen LogP contribution >= 0.6 is 0 Å². The van der Waals surface area contributed by atoms with Crippen LogP contribution in [0.1, 0.15) is 41.0 Å². The highest BCUT2D eigenvalue weighted by Crippen LogP contribution is 2.06. The summed E-state index contributed by atoms with van der Waals surface area (Å²) < 4.78 is 0. The Morgan fingerprint density at radius 3 is 2.12 bits per heavy atom. The number of allylic oxidation sites excluding steroid dienone is 1. The number of nitrogens with zero attached hydrogens (tertiary/aromatic N) is 1. The summed E-state index contributed by atoms with van der Waals surface area (Å²) in [6.45, 7) is 13.3. The van der Waals surface area contributed by atoms with Crippen LogP contribution in [0, 0.1) is 11.8 Å². The molecule has 0 atom stereocenters. The SMILES string of the molecule is C=C/C(N)=C\N=CC.CC(C)CC(=O)C(C)C. The topological polar surface area (TPSA) is 55.4 Å². The number of carbonyl (C=O) groups is 1. The quantitative estimate of drug-likeness (QED) is 0.590. The number of aliphatic imine (C=N–C) groups is 1. The third-order valence-corrected chi connectivity index (χ3v) is 1.86. The monoisotopic (exact) mass is 238 g/mol. The van der Waals surface area contributed by atoms with E-state index in [1.165, 1.54) is 0 Å². The summed E-state index contributed by atoms with van der Waals surface area (Å²) in [5.74, 6) is 1.11. The maximum absolute atomic E-state index is 11.0. The van der Waals surface area contributed by atoms with Crippen molar-refractivity contribution in [2.24, 2.45) is 22.6 Å². The Hall–Kier alpha value is -1.38. The van der Waals surface area contributed by atoms with Crippen molar-refractivity contribution in [3.63, 3.8) is 0 Å². The minimum absolute atomic E-state index is 0.215. The third kappa shape index (κ3) is 14.6. The van der Waals surface area contributed by atoms with E-state index in [1.54, 1.807) is 18.5 Å². The van der Waals surface area contributed by atoms with Gasteiger partial charge in [-0.3, -0.25) is 9.79 Å². The lowest BCUT2D eigenvalue weighted by Crippen LogP contribution is -2.09. The first-order chi connectivity index (χ1) is 7.84. The van der Waals surface area contributed by atoms with Gasteiger partial charge in [0.1, 0.15) is 5.78 Å². The molecule has 0 aliphatic rings. The normalized spacial score (nSPS) is 11.6. The number of rotatable bonds is 5. The lowest BCUT2D eigenvalue weighted by molar-refractivity contribution is -0.122. The Morgan fingerprint density at radius 1 is 1.35 bits per heavy atom. The molecule has 0 radical (unpaired) electrons. The van der Waals surface area contributed by atoms with Gasteiger partial charge in [0.25, 0.3) is 0 Å². The standard InChI is InChI=1S/C8H16O.C6H10N2/c1-6(2)5-8(9)7(3)4;1-3-6(7)5-8-4-2/h6-7H,5H2,1-4H3;3-5H,1,7H2,2H3/b;6-5+,8-4?. The molecule has 0 bridgehead atoms. The molecule has 98 valence electrons. The second-order valence-corrected chi connectivity index (χ2v) is 4.46. The van der Waals surface area contributed by atoms with Crippen LogP contribution in [0.4, 0.5) is 0 Å². The third-order valence-electron chi connectivity index (χ3n) is 1.86. The lowest BCUT2D eigenvalue weighted by atomic mass is 9.99. The summed E-state index contributed by atoms with van der Waals surface area (Å²) in [7, 11) is 0. The average Bonchev–Trinajstić information content (AvgIpc) is 2.25. The minimum Gasteiger partial charge on any atom is -0.398 e. The number of hydrogen-bond acceptors (Lipinski definition) is 3. The highest BCUT2D eigenvalue weighted by atomic mass is 16.1. The fourth-order valence-electron chi connectivity index (χ4n) is 0.851. The first kappa shape index (κ1) is 18.0. The van der Waals surface area contributed by atoms with E-state index in [2.05, 4.69) is 25.4 Å². The molecule has 0 saturated heterocycles. The largest absolute Gasteiger partial charge is 0.398 e. The molecule has 0 aromatic heterocycles. The fourth-order valence-corrected chi connectivity index (χ4v) is 0.851. The molecule has 0 amide bonds. The van der Waals surface area contributed by atoms with E-state index in [0.717, 1.165) is 6.42 Å². The Labute approximate surface area is 106 Å². The predicted octanol–water partition coefficient (Wildman–Crippen LogP) is 3.32. The van der Waals surface area contributed by atoms with Crippen LogP contribution in [0.3, 0.4) is 0 Å². The van der Waals surface area contributed by atoms with Gasteiger partial charge in [0.2, 0.25) is 0 Å². The molecule has 3 nitrogen and oxygen atoms in total. The fraction of sp³-hybridized carbons (Fsp3) is 0.571. The van der Waals surface area contributed by atoms with Crippen LogP contribution in [-0.4, -0.2) is 12.0 Å². The first-order valence-electron chi connectivity index (χ1n) is 5.93. The van der Waals surface area contributed by atoms with Crippen molar-refractivity contribution in [1.82, 2.24) is 0 Å². The van der Waals surface area contributed by atoms with Gasteiger partial charge >= 0.3 is 0 Å². The Morgan fingerprint density at radius 2 is 1.88 bits per heavy atom. The van der Waals surface area contributed by atoms with E-state index in [4.69, 9.17) is 5.73 Å². The van der Waals surface area contributed by atoms with Gasteiger partial charge in [0.05, 0.1) is 0 Å². The van der Waals surface area contributed by atoms with E-state index in [1.807, 2.05) is 20.8 Å².